The molecule has 12 aromatic rings. The highest BCUT2D eigenvalue weighted by Crippen LogP contribution is 2.56. The van der Waals surface area contributed by atoms with Crippen molar-refractivity contribution in [3.05, 3.63) is 301 Å². The molecule has 0 amide bonds. The molecule has 0 bridgehead atoms. The largest absolute Gasteiger partial charge is 0.310 e. The molecule has 0 saturated carbocycles. The molecule has 0 N–H and O–H groups in total. The molecule has 0 aliphatic heterocycles. The Morgan fingerprint density at radius 2 is 0.725 bits per heavy atom. The van der Waals surface area contributed by atoms with Gasteiger partial charge < -0.3 is 9.47 Å². The van der Waals surface area contributed by atoms with Gasteiger partial charge in [0.25, 0.3) is 0 Å². The Labute approximate surface area is 403 Å². The zero-order chi connectivity index (χ0) is 45.7. The first-order valence-electron chi connectivity index (χ1n) is 23.8. The maximum Gasteiger partial charge on any atom is 0.0714 e. The van der Waals surface area contributed by atoms with Crippen LogP contribution in [0.4, 0.5) is 17.1 Å². The maximum absolute atomic E-state index is 2.45. The second-order valence-electron chi connectivity index (χ2n) is 18.1. The van der Waals surface area contributed by atoms with E-state index in [1.807, 2.05) is 0 Å². The minimum absolute atomic E-state index is 0.535. The van der Waals surface area contributed by atoms with E-state index >= 15 is 0 Å². The third-order valence-corrected chi connectivity index (χ3v) is 14.3. The molecule has 324 valence electrons. The molecule has 0 radical (unpaired) electrons. The van der Waals surface area contributed by atoms with E-state index in [-0.39, 0.29) is 0 Å². The Kier molecular flexibility index (Phi) is 9.77. The van der Waals surface area contributed by atoms with E-state index in [0.29, 0.717) is 0 Å². The van der Waals surface area contributed by atoms with Gasteiger partial charge in [0, 0.05) is 33.5 Å². The molecule has 0 saturated heterocycles. The van der Waals surface area contributed by atoms with Gasteiger partial charge in [-0.05, 0) is 133 Å². The van der Waals surface area contributed by atoms with E-state index < -0.39 is 5.41 Å². The van der Waals surface area contributed by atoms with Gasteiger partial charge in [-0.2, -0.15) is 0 Å². The Morgan fingerprint density at radius 3 is 1.29 bits per heavy atom. The molecule has 0 spiro atoms. The maximum atomic E-state index is 2.45. The standard InChI is InChI=1S/C67H46N2/c1-4-19-47(20-5-1)51-43-52(48-21-6-2-7-22-48)45-58(44-51)68(55-39-35-49(36-40-55)50-37-41-56(42-38-50)69-65-33-16-12-29-61(65)62-30-13-17-34-66(62)69)57-26-18-25-54(46-57)67(53-23-8-3-9-24-53)63-31-14-10-27-59(63)60-28-11-15-32-64(60)67/h1-46H. The van der Waals surface area contributed by atoms with Crippen molar-refractivity contribution >= 4 is 38.9 Å². The zero-order valence-corrected chi connectivity index (χ0v) is 38.0. The number of benzene rings is 11. The minimum atomic E-state index is -0.535. The van der Waals surface area contributed by atoms with Crippen LogP contribution in [-0.2, 0) is 5.41 Å². The summed E-state index contributed by atoms with van der Waals surface area (Å²) in [5.74, 6) is 0. The lowest BCUT2D eigenvalue weighted by molar-refractivity contribution is 0.768. The molecule has 2 heteroatoms. The lowest BCUT2D eigenvalue weighted by atomic mass is 9.67. The quantitative estimate of drug-likeness (QED) is 0.140. The average molecular weight is 879 g/mol. The molecule has 1 aliphatic carbocycles. The summed E-state index contributed by atoms with van der Waals surface area (Å²) < 4.78 is 2.38. The lowest BCUT2D eigenvalue weighted by Crippen LogP contribution is -2.28. The van der Waals surface area contributed by atoms with Gasteiger partial charge in [-0.25, -0.2) is 0 Å². The second kappa shape index (κ2) is 16.7. The Balaban J connectivity index is 0.978. The fraction of sp³-hybridized carbons (Fsp3) is 0.0149. The van der Waals surface area contributed by atoms with Crippen LogP contribution in [0.15, 0.2) is 279 Å². The third-order valence-electron chi connectivity index (χ3n) is 14.3. The molecule has 1 aromatic heterocycles. The molecular weight excluding hydrogens is 833 g/mol. The number of para-hydroxylation sites is 2. The van der Waals surface area contributed by atoms with E-state index in [0.717, 1.165) is 39.4 Å². The molecular formula is C67H46N2. The molecule has 11 aromatic carbocycles. The molecule has 1 heterocycles. The fourth-order valence-corrected chi connectivity index (χ4v) is 11.2. The van der Waals surface area contributed by atoms with Crippen LogP contribution in [0.3, 0.4) is 0 Å². The summed E-state index contributed by atoms with van der Waals surface area (Å²) in [5, 5.41) is 2.53. The van der Waals surface area contributed by atoms with Crippen LogP contribution in [0, 0.1) is 0 Å². The molecule has 69 heavy (non-hydrogen) atoms. The first kappa shape index (κ1) is 40.3. The van der Waals surface area contributed by atoms with E-state index in [1.165, 1.54) is 71.9 Å². The first-order chi connectivity index (χ1) is 34.2. The normalized spacial score (nSPS) is 12.5. The monoisotopic (exact) mass is 878 g/mol. The van der Waals surface area contributed by atoms with Crippen LogP contribution >= 0.6 is 0 Å². The van der Waals surface area contributed by atoms with Gasteiger partial charge in [0.05, 0.1) is 16.4 Å². The van der Waals surface area contributed by atoms with Crippen molar-refractivity contribution in [2.24, 2.45) is 0 Å². The van der Waals surface area contributed by atoms with Crippen LogP contribution in [-0.4, -0.2) is 4.57 Å². The van der Waals surface area contributed by atoms with E-state index in [4.69, 9.17) is 0 Å². The molecule has 0 atom stereocenters. The first-order valence-corrected chi connectivity index (χ1v) is 23.8. The predicted octanol–water partition coefficient (Wildman–Crippen LogP) is 17.6. The lowest BCUT2D eigenvalue weighted by Gasteiger charge is -2.35. The number of hydrogen-bond acceptors (Lipinski definition) is 1. The number of hydrogen-bond donors (Lipinski definition) is 0. The van der Waals surface area contributed by atoms with Crippen LogP contribution in [0.1, 0.15) is 22.3 Å². The van der Waals surface area contributed by atoms with Crippen LogP contribution in [0.2, 0.25) is 0 Å². The number of anilines is 3. The van der Waals surface area contributed by atoms with Crippen molar-refractivity contribution in [3.8, 4) is 50.2 Å². The summed E-state index contributed by atoms with van der Waals surface area (Å²) in [5.41, 5.74) is 20.9. The molecule has 13 rings (SSSR count). The van der Waals surface area contributed by atoms with Crippen LogP contribution in [0.5, 0.6) is 0 Å². The number of aromatic nitrogens is 1. The fourth-order valence-electron chi connectivity index (χ4n) is 11.2. The van der Waals surface area contributed by atoms with Crippen LogP contribution < -0.4 is 4.90 Å². The summed E-state index contributed by atoms with van der Waals surface area (Å²) in [6, 6.07) is 102. The average Bonchev–Trinajstić information content (AvgIpc) is 3.93. The van der Waals surface area contributed by atoms with Gasteiger partial charge in [-0.3, -0.25) is 0 Å². The van der Waals surface area contributed by atoms with Gasteiger partial charge >= 0.3 is 0 Å². The zero-order valence-electron chi connectivity index (χ0n) is 38.0. The highest BCUT2D eigenvalue weighted by molar-refractivity contribution is 6.09. The van der Waals surface area contributed by atoms with E-state index in [1.54, 1.807) is 0 Å². The predicted molar refractivity (Wildman–Crippen MR) is 289 cm³/mol. The smallest absolute Gasteiger partial charge is 0.0714 e. The Bertz CT molecular complexity index is 3660. The number of fused-ring (bicyclic) bond motifs is 6. The summed E-state index contributed by atoms with van der Waals surface area (Å²) >= 11 is 0. The van der Waals surface area contributed by atoms with E-state index in [2.05, 4.69) is 289 Å². The number of nitrogens with zero attached hydrogens (tertiary/aromatic N) is 2. The highest BCUT2D eigenvalue weighted by atomic mass is 15.1. The van der Waals surface area contributed by atoms with Gasteiger partial charge in [0.1, 0.15) is 0 Å². The van der Waals surface area contributed by atoms with Crippen molar-refractivity contribution in [2.75, 3.05) is 4.90 Å². The summed E-state index contributed by atoms with van der Waals surface area (Å²) in [4.78, 5) is 2.45. The van der Waals surface area contributed by atoms with Gasteiger partial charge in [-0.15, -0.1) is 0 Å². The van der Waals surface area contributed by atoms with Crippen molar-refractivity contribution in [1.29, 1.82) is 0 Å². The Hall–Kier alpha value is -8.98. The van der Waals surface area contributed by atoms with Crippen molar-refractivity contribution < 1.29 is 0 Å². The topological polar surface area (TPSA) is 8.17 Å². The van der Waals surface area contributed by atoms with Crippen molar-refractivity contribution in [1.82, 2.24) is 4.57 Å². The molecule has 1 aliphatic rings. The molecule has 2 nitrogen and oxygen atoms in total. The highest BCUT2D eigenvalue weighted by Gasteiger charge is 2.46. The second-order valence-corrected chi connectivity index (χ2v) is 18.1. The Morgan fingerprint density at radius 1 is 0.275 bits per heavy atom. The van der Waals surface area contributed by atoms with Gasteiger partial charge in [0.15, 0.2) is 0 Å². The SMILES string of the molecule is c1ccc(-c2cc(-c3ccccc3)cc(N(c3ccc(-c4ccc(-n5c6ccccc6c6ccccc65)cc4)cc3)c3cccc(C4(c5ccccc5)c5ccccc5-c5ccccc54)c3)c2)cc1. The van der Waals surface area contributed by atoms with Crippen LogP contribution in [0.25, 0.3) is 72.0 Å². The molecule has 0 fully saturated rings. The molecule has 0 unspecified atom stereocenters. The van der Waals surface area contributed by atoms with Crippen molar-refractivity contribution in [3.63, 3.8) is 0 Å². The van der Waals surface area contributed by atoms with Crippen molar-refractivity contribution in [2.45, 2.75) is 5.41 Å². The van der Waals surface area contributed by atoms with Gasteiger partial charge in [-0.1, -0.05) is 212 Å². The van der Waals surface area contributed by atoms with Gasteiger partial charge in [0.2, 0.25) is 0 Å². The summed E-state index contributed by atoms with van der Waals surface area (Å²) in [6.07, 6.45) is 0. The number of rotatable bonds is 9. The van der Waals surface area contributed by atoms with E-state index in [9.17, 15) is 0 Å². The minimum Gasteiger partial charge on any atom is -0.310 e. The summed E-state index contributed by atoms with van der Waals surface area (Å²) in [7, 11) is 0. The third kappa shape index (κ3) is 6.72. The summed E-state index contributed by atoms with van der Waals surface area (Å²) in [6.45, 7) is 0.